The van der Waals surface area contributed by atoms with Crippen LogP contribution in [0.25, 0.3) is 10.8 Å². The SMILES string of the molecule is O=c1cccccc1N1CCNCC1Cc1cccc2ccccc12. The average molecular weight is 330 g/mol. The molecule has 0 saturated carbocycles. The molecule has 0 spiro atoms. The van der Waals surface area contributed by atoms with E-state index in [1.807, 2.05) is 24.3 Å². The monoisotopic (exact) mass is 330 g/mol. The largest absolute Gasteiger partial charge is 0.363 e. The minimum absolute atomic E-state index is 0.0924. The first-order chi connectivity index (χ1) is 12.3. The zero-order valence-electron chi connectivity index (χ0n) is 14.2. The van der Waals surface area contributed by atoms with Crippen LogP contribution in [0.3, 0.4) is 0 Å². The van der Waals surface area contributed by atoms with Crippen LogP contribution in [-0.2, 0) is 6.42 Å². The van der Waals surface area contributed by atoms with Gasteiger partial charge in [0.2, 0.25) is 5.43 Å². The van der Waals surface area contributed by atoms with Crippen LogP contribution in [0.15, 0.2) is 77.6 Å². The molecule has 0 amide bonds. The molecule has 3 nitrogen and oxygen atoms in total. The first-order valence-electron chi connectivity index (χ1n) is 8.86. The predicted molar refractivity (Wildman–Crippen MR) is 104 cm³/mol. The van der Waals surface area contributed by atoms with E-state index in [1.165, 1.54) is 16.3 Å². The van der Waals surface area contributed by atoms with Gasteiger partial charge in [0.15, 0.2) is 0 Å². The van der Waals surface area contributed by atoms with E-state index < -0.39 is 0 Å². The van der Waals surface area contributed by atoms with Crippen LogP contribution in [0.2, 0.25) is 0 Å². The minimum Gasteiger partial charge on any atom is -0.363 e. The number of hydrogen-bond donors (Lipinski definition) is 1. The minimum atomic E-state index is 0.0924. The van der Waals surface area contributed by atoms with Crippen LogP contribution in [0.5, 0.6) is 0 Å². The Morgan fingerprint density at radius 1 is 0.920 bits per heavy atom. The lowest BCUT2D eigenvalue weighted by atomic mass is 9.97. The van der Waals surface area contributed by atoms with Crippen molar-refractivity contribution < 1.29 is 0 Å². The van der Waals surface area contributed by atoms with Gasteiger partial charge in [0, 0.05) is 25.7 Å². The third kappa shape index (κ3) is 3.28. The van der Waals surface area contributed by atoms with E-state index in [0.717, 1.165) is 31.7 Å². The molecule has 1 fully saturated rings. The van der Waals surface area contributed by atoms with Crippen molar-refractivity contribution in [2.75, 3.05) is 24.5 Å². The van der Waals surface area contributed by atoms with E-state index in [2.05, 4.69) is 52.7 Å². The molecule has 3 aromatic carbocycles. The highest BCUT2D eigenvalue weighted by atomic mass is 16.1. The molecular formula is C22H22N2O. The number of nitrogens with one attached hydrogen (secondary N) is 1. The van der Waals surface area contributed by atoms with E-state index in [1.54, 1.807) is 6.07 Å². The summed E-state index contributed by atoms with van der Waals surface area (Å²) in [5, 5.41) is 6.06. The van der Waals surface area contributed by atoms with Crippen molar-refractivity contribution in [2.45, 2.75) is 12.5 Å². The standard InChI is InChI=1S/C22H22N2O/c25-22-12-3-1-2-11-21(22)24-14-13-23-16-19(24)15-18-9-6-8-17-7-4-5-10-20(17)18/h1-12,19,23H,13-16H2. The third-order valence-corrected chi connectivity index (χ3v) is 4.97. The second kappa shape index (κ2) is 7.08. The molecule has 3 aromatic rings. The number of rotatable bonds is 3. The lowest BCUT2D eigenvalue weighted by molar-refractivity contribution is 0.474. The normalized spacial score (nSPS) is 17.6. The fourth-order valence-electron chi connectivity index (χ4n) is 3.74. The van der Waals surface area contributed by atoms with Crippen molar-refractivity contribution in [2.24, 2.45) is 0 Å². The molecule has 25 heavy (non-hydrogen) atoms. The van der Waals surface area contributed by atoms with Crippen molar-refractivity contribution in [1.29, 1.82) is 0 Å². The summed E-state index contributed by atoms with van der Waals surface area (Å²) in [4.78, 5) is 14.7. The zero-order chi connectivity index (χ0) is 17.1. The summed E-state index contributed by atoms with van der Waals surface area (Å²) in [5.74, 6) is 0. The van der Waals surface area contributed by atoms with Gasteiger partial charge in [-0.25, -0.2) is 0 Å². The molecule has 1 saturated heterocycles. The molecule has 1 unspecified atom stereocenters. The van der Waals surface area contributed by atoms with Gasteiger partial charge in [-0.2, -0.15) is 0 Å². The topological polar surface area (TPSA) is 32.3 Å². The second-order valence-corrected chi connectivity index (χ2v) is 6.55. The van der Waals surface area contributed by atoms with Crippen molar-refractivity contribution in [3.05, 3.63) is 88.6 Å². The van der Waals surface area contributed by atoms with Crippen LogP contribution < -0.4 is 15.6 Å². The van der Waals surface area contributed by atoms with E-state index >= 15 is 0 Å². The van der Waals surface area contributed by atoms with Gasteiger partial charge >= 0.3 is 0 Å². The summed E-state index contributed by atoms with van der Waals surface area (Å²) in [5.41, 5.74) is 2.23. The molecule has 1 atom stereocenters. The summed E-state index contributed by atoms with van der Waals surface area (Å²) in [6.07, 6.45) is 0.923. The smallest absolute Gasteiger partial charge is 0.201 e. The van der Waals surface area contributed by atoms with E-state index in [-0.39, 0.29) is 11.5 Å². The Labute approximate surface area is 147 Å². The maximum atomic E-state index is 12.5. The molecule has 1 heterocycles. The van der Waals surface area contributed by atoms with Crippen LogP contribution in [0.4, 0.5) is 5.69 Å². The molecule has 3 heteroatoms. The molecule has 0 bridgehead atoms. The van der Waals surface area contributed by atoms with Gasteiger partial charge in [-0.1, -0.05) is 60.7 Å². The first-order valence-corrected chi connectivity index (χ1v) is 8.86. The van der Waals surface area contributed by atoms with Crippen LogP contribution >= 0.6 is 0 Å². The number of nitrogens with zero attached hydrogens (tertiary/aromatic N) is 1. The molecule has 0 aromatic heterocycles. The van der Waals surface area contributed by atoms with E-state index in [4.69, 9.17) is 0 Å². The van der Waals surface area contributed by atoms with Crippen molar-refractivity contribution in [3.8, 4) is 0 Å². The predicted octanol–water partition coefficient (Wildman–Crippen LogP) is 3.22. The summed E-state index contributed by atoms with van der Waals surface area (Å²) >= 11 is 0. The number of anilines is 1. The Balaban J connectivity index is 1.70. The Morgan fingerprint density at radius 2 is 1.72 bits per heavy atom. The van der Waals surface area contributed by atoms with Gasteiger partial charge in [-0.05, 0) is 34.9 Å². The highest BCUT2D eigenvalue weighted by Crippen LogP contribution is 2.23. The van der Waals surface area contributed by atoms with E-state index in [0.29, 0.717) is 0 Å². The second-order valence-electron chi connectivity index (χ2n) is 6.55. The zero-order valence-corrected chi connectivity index (χ0v) is 14.2. The molecule has 1 aliphatic rings. The van der Waals surface area contributed by atoms with Crippen molar-refractivity contribution >= 4 is 16.5 Å². The number of fused-ring (bicyclic) bond motifs is 1. The lowest BCUT2D eigenvalue weighted by Crippen LogP contribution is -2.53. The Morgan fingerprint density at radius 3 is 2.68 bits per heavy atom. The van der Waals surface area contributed by atoms with Gasteiger partial charge in [0.05, 0.1) is 5.69 Å². The summed E-state index contributed by atoms with van der Waals surface area (Å²) in [6, 6.07) is 24.6. The molecule has 1 aliphatic heterocycles. The molecule has 0 radical (unpaired) electrons. The fourth-order valence-corrected chi connectivity index (χ4v) is 3.74. The summed E-state index contributed by atoms with van der Waals surface area (Å²) in [7, 11) is 0. The highest BCUT2D eigenvalue weighted by molar-refractivity contribution is 5.85. The Bertz CT molecular complexity index is 933. The van der Waals surface area contributed by atoms with Gasteiger partial charge in [-0.3, -0.25) is 4.79 Å². The lowest BCUT2D eigenvalue weighted by Gasteiger charge is -2.37. The summed E-state index contributed by atoms with van der Waals surface area (Å²) in [6.45, 7) is 2.65. The van der Waals surface area contributed by atoms with Crippen molar-refractivity contribution in [3.63, 3.8) is 0 Å². The number of piperazine rings is 1. The molecule has 126 valence electrons. The molecule has 1 N–H and O–H groups in total. The van der Waals surface area contributed by atoms with Gasteiger partial charge in [0.25, 0.3) is 0 Å². The Hall–Kier alpha value is -2.65. The average Bonchev–Trinajstić information content (AvgIpc) is 2.87. The Kier molecular flexibility index (Phi) is 4.49. The van der Waals surface area contributed by atoms with E-state index in [9.17, 15) is 4.79 Å². The summed E-state index contributed by atoms with van der Waals surface area (Å²) < 4.78 is 0. The maximum absolute atomic E-state index is 12.5. The van der Waals surface area contributed by atoms with Crippen molar-refractivity contribution in [1.82, 2.24) is 5.32 Å². The van der Waals surface area contributed by atoms with Crippen LogP contribution in [0.1, 0.15) is 5.56 Å². The number of benzene rings is 2. The molecular weight excluding hydrogens is 308 g/mol. The van der Waals surface area contributed by atoms with Crippen LogP contribution in [-0.4, -0.2) is 25.7 Å². The van der Waals surface area contributed by atoms with Gasteiger partial charge in [0.1, 0.15) is 0 Å². The first kappa shape index (κ1) is 15.9. The van der Waals surface area contributed by atoms with Gasteiger partial charge < -0.3 is 10.2 Å². The van der Waals surface area contributed by atoms with Crippen LogP contribution in [0, 0.1) is 0 Å². The third-order valence-electron chi connectivity index (χ3n) is 4.97. The fraction of sp³-hybridized carbons (Fsp3) is 0.227. The molecule has 4 rings (SSSR count). The highest BCUT2D eigenvalue weighted by Gasteiger charge is 2.24. The van der Waals surface area contributed by atoms with Gasteiger partial charge in [-0.15, -0.1) is 0 Å². The number of hydrogen-bond acceptors (Lipinski definition) is 3. The molecule has 0 aliphatic carbocycles. The quantitative estimate of drug-likeness (QED) is 0.800. The maximum Gasteiger partial charge on any atom is 0.201 e.